The molecule has 0 aromatic carbocycles. The Labute approximate surface area is 92.9 Å². The second-order valence-electron chi connectivity index (χ2n) is 3.71. The quantitative estimate of drug-likeness (QED) is 0.805. The molecule has 0 fully saturated rings. The predicted molar refractivity (Wildman–Crippen MR) is 59.4 cm³/mol. The number of carbonyl (C=O) groups is 1. The van der Waals surface area contributed by atoms with Gasteiger partial charge in [0.15, 0.2) is 0 Å². The number of aromatic nitrogens is 2. The van der Waals surface area contributed by atoms with E-state index in [2.05, 4.69) is 15.0 Å². The number of aliphatic imine (C=N–C) groups is 1. The maximum atomic E-state index is 11.6. The topological polar surface area (TPSA) is 78.3 Å². The van der Waals surface area contributed by atoms with E-state index in [1.165, 1.54) is 6.33 Å². The van der Waals surface area contributed by atoms with Gasteiger partial charge in [-0.05, 0) is 12.0 Å². The minimum absolute atomic E-state index is 0.461. The van der Waals surface area contributed by atoms with Gasteiger partial charge < -0.3 is 10.1 Å². The Hall–Kier alpha value is -1.91. The molecule has 2 N–H and O–H groups in total. The Bertz CT molecular complexity index is 448. The standard InChI is InChI=1S/C11H13N3O2/c1-2-11(10(15)16,8-3-4-12-5-8)9-6-13-7-14-9/h4-7H,2-3H2,1H3,(H,13,14)(H,15,16). The van der Waals surface area contributed by atoms with Gasteiger partial charge in [0, 0.05) is 25.0 Å². The first kappa shape index (κ1) is 10.6. The zero-order valence-corrected chi connectivity index (χ0v) is 8.97. The van der Waals surface area contributed by atoms with Gasteiger partial charge in [-0.15, -0.1) is 0 Å². The predicted octanol–water partition coefficient (Wildman–Crippen LogP) is 1.50. The highest BCUT2D eigenvalue weighted by atomic mass is 16.4. The van der Waals surface area contributed by atoms with Gasteiger partial charge in [0.25, 0.3) is 0 Å². The van der Waals surface area contributed by atoms with Crippen molar-refractivity contribution in [2.45, 2.75) is 25.2 Å². The number of rotatable bonds is 4. The van der Waals surface area contributed by atoms with Crippen LogP contribution >= 0.6 is 0 Å². The molecule has 0 radical (unpaired) electrons. The molecular formula is C11H13N3O2. The molecule has 0 saturated heterocycles. The van der Waals surface area contributed by atoms with Crippen LogP contribution in [0.2, 0.25) is 0 Å². The fraction of sp³-hybridized carbons (Fsp3) is 0.364. The Balaban J connectivity index is 2.52. The first-order valence-corrected chi connectivity index (χ1v) is 5.15. The van der Waals surface area contributed by atoms with Crippen molar-refractivity contribution in [1.82, 2.24) is 9.97 Å². The van der Waals surface area contributed by atoms with E-state index in [0.29, 0.717) is 18.5 Å². The van der Waals surface area contributed by atoms with Crippen molar-refractivity contribution in [2.75, 3.05) is 0 Å². The highest BCUT2D eigenvalue weighted by molar-refractivity contribution is 5.87. The highest BCUT2D eigenvalue weighted by Crippen LogP contribution is 2.37. The number of carboxylic acid groups (broad SMARTS) is 1. The van der Waals surface area contributed by atoms with Gasteiger partial charge in [0.1, 0.15) is 5.41 Å². The van der Waals surface area contributed by atoms with Gasteiger partial charge in [-0.2, -0.15) is 0 Å². The summed E-state index contributed by atoms with van der Waals surface area (Å²) in [6, 6.07) is 0. The number of hydrogen-bond acceptors (Lipinski definition) is 3. The van der Waals surface area contributed by atoms with Gasteiger partial charge in [0.2, 0.25) is 0 Å². The lowest BCUT2D eigenvalue weighted by Crippen LogP contribution is -2.37. The molecule has 5 nitrogen and oxygen atoms in total. The summed E-state index contributed by atoms with van der Waals surface area (Å²) in [7, 11) is 0. The second kappa shape index (κ2) is 3.92. The van der Waals surface area contributed by atoms with Crippen molar-refractivity contribution in [3.8, 4) is 0 Å². The van der Waals surface area contributed by atoms with Crippen molar-refractivity contribution in [3.05, 3.63) is 30.0 Å². The summed E-state index contributed by atoms with van der Waals surface area (Å²) in [5.41, 5.74) is 0.283. The van der Waals surface area contributed by atoms with Crippen LogP contribution in [0.1, 0.15) is 25.5 Å². The van der Waals surface area contributed by atoms with Crippen LogP contribution in [0.3, 0.4) is 0 Å². The number of imidazole rings is 1. The lowest BCUT2D eigenvalue weighted by atomic mass is 9.74. The van der Waals surface area contributed by atoms with Gasteiger partial charge >= 0.3 is 5.97 Å². The summed E-state index contributed by atoms with van der Waals surface area (Å²) in [5, 5.41) is 9.51. The third-order valence-electron chi connectivity index (χ3n) is 3.03. The summed E-state index contributed by atoms with van der Waals surface area (Å²) in [6.07, 6.45) is 7.52. The zero-order valence-electron chi connectivity index (χ0n) is 8.97. The Morgan fingerprint density at radius 3 is 2.94 bits per heavy atom. The van der Waals surface area contributed by atoms with Gasteiger partial charge in [-0.1, -0.05) is 6.92 Å². The average molecular weight is 219 g/mol. The monoisotopic (exact) mass is 219 g/mol. The number of aromatic amines is 1. The van der Waals surface area contributed by atoms with Crippen LogP contribution in [-0.2, 0) is 10.2 Å². The number of carboxylic acids is 1. The molecule has 2 rings (SSSR count). The molecule has 1 aromatic heterocycles. The van der Waals surface area contributed by atoms with Crippen molar-refractivity contribution < 1.29 is 9.90 Å². The van der Waals surface area contributed by atoms with Crippen LogP contribution in [0.25, 0.3) is 0 Å². The Kier molecular flexibility index (Phi) is 2.60. The van der Waals surface area contributed by atoms with E-state index in [4.69, 9.17) is 0 Å². The number of aliphatic carboxylic acids is 1. The lowest BCUT2D eigenvalue weighted by molar-refractivity contribution is -0.142. The third kappa shape index (κ3) is 1.36. The fourth-order valence-corrected chi connectivity index (χ4v) is 2.10. The molecule has 84 valence electrons. The molecule has 1 atom stereocenters. The first-order chi connectivity index (χ1) is 7.71. The van der Waals surface area contributed by atoms with Gasteiger partial charge in [-0.3, -0.25) is 9.79 Å². The molecular weight excluding hydrogens is 206 g/mol. The van der Waals surface area contributed by atoms with Crippen molar-refractivity contribution in [1.29, 1.82) is 0 Å². The van der Waals surface area contributed by atoms with Crippen LogP contribution in [0.15, 0.2) is 29.3 Å². The highest BCUT2D eigenvalue weighted by Gasteiger charge is 2.44. The van der Waals surface area contributed by atoms with E-state index in [1.807, 2.05) is 6.92 Å². The van der Waals surface area contributed by atoms with Crippen LogP contribution < -0.4 is 0 Å². The minimum Gasteiger partial charge on any atom is -0.480 e. The molecule has 2 heterocycles. The molecule has 0 saturated carbocycles. The molecule has 16 heavy (non-hydrogen) atoms. The summed E-state index contributed by atoms with van der Waals surface area (Å²) >= 11 is 0. The van der Waals surface area contributed by atoms with Crippen molar-refractivity contribution in [3.63, 3.8) is 0 Å². The largest absolute Gasteiger partial charge is 0.480 e. The molecule has 0 amide bonds. The second-order valence-corrected chi connectivity index (χ2v) is 3.71. The van der Waals surface area contributed by atoms with Crippen LogP contribution in [0.5, 0.6) is 0 Å². The van der Waals surface area contributed by atoms with E-state index >= 15 is 0 Å². The molecule has 1 aliphatic rings. The summed E-state index contributed by atoms with van der Waals surface area (Å²) in [4.78, 5) is 22.5. The van der Waals surface area contributed by atoms with Crippen LogP contribution in [0.4, 0.5) is 0 Å². The molecule has 5 heteroatoms. The van der Waals surface area contributed by atoms with Gasteiger partial charge in [0.05, 0.1) is 12.0 Å². The van der Waals surface area contributed by atoms with Gasteiger partial charge in [-0.25, -0.2) is 4.98 Å². The Morgan fingerprint density at radius 2 is 2.50 bits per heavy atom. The summed E-state index contributed by atoms with van der Waals surface area (Å²) in [6.45, 7) is 1.85. The molecule has 0 aliphatic carbocycles. The van der Waals surface area contributed by atoms with E-state index in [9.17, 15) is 9.90 Å². The normalized spacial score (nSPS) is 18.2. The van der Waals surface area contributed by atoms with E-state index in [1.54, 1.807) is 18.6 Å². The first-order valence-electron chi connectivity index (χ1n) is 5.15. The van der Waals surface area contributed by atoms with E-state index < -0.39 is 11.4 Å². The van der Waals surface area contributed by atoms with Crippen molar-refractivity contribution in [2.24, 2.45) is 4.99 Å². The minimum atomic E-state index is -1.05. The number of hydrogen-bond donors (Lipinski definition) is 2. The summed E-state index contributed by atoms with van der Waals surface area (Å²) in [5.74, 6) is -0.876. The number of H-pyrrole nitrogens is 1. The SMILES string of the molecule is CCC(C(=O)O)(C1=CN=CC1)c1c[nH]cn1. The fourth-order valence-electron chi connectivity index (χ4n) is 2.10. The zero-order chi connectivity index (χ0) is 11.6. The Morgan fingerprint density at radius 1 is 1.69 bits per heavy atom. The smallest absolute Gasteiger partial charge is 0.320 e. The van der Waals surface area contributed by atoms with Crippen molar-refractivity contribution >= 4 is 12.2 Å². The maximum Gasteiger partial charge on any atom is 0.320 e. The molecule has 0 bridgehead atoms. The number of nitrogens with zero attached hydrogens (tertiary/aromatic N) is 2. The summed E-state index contributed by atoms with van der Waals surface area (Å²) < 4.78 is 0. The van der Waals surface area contributed by atoms with Crippen LogP contribution in [-0.4, -0.2) is 27.3 Å². The maximum absolute atomic E-state index is 11.6. The molecule has 1 aromatic rings. The number of nitrogens with one attached hydrogen (secondary N) is 1. The lowest BCUT2D eigenvalue weighted by Gasteiger charge is -2.27. The average Bonchev–Trinajstić information content (AvgIpc) is 2.89. The molecule has 0 spiro atoms. The molecule has 1 unspecified atom stereocenters. The van der Waals surface area contributed by atoms with Crippen LogP contribution in [0, 0.1) is 0 Å². The third-order valence-corrected chi connectivity index (χ3v) is 3.03. The van der Waals surface area contributed by atoms with E-state index in [0.717, 1.165) is 5.57 Å². The van der Waals surface area contributed by atoms with E-state index in [-0.39, 0.29) is 0 Å². The molecule has 1 aliphatic heterocycles.